The summed E-state index contributed by atoms with van der Waals surface area (Å²) >= 11 is 4.38. The van der Waals surface area contributed by atoms with Crippen LogP contribution in [0.5, 0.6) is 0 Å². The SMILES string of the molecule is CC(C)(C)[Si](C)(C)O[C@H](C=O)[C@H](C[N+](=O)[O-])c1ccccc1S. The number of rotatable bonds is 7. The lowest BCUT2D eigenvalue weighted by molar-refractivity contribution is -0.484. The molecule has 0 spiro atoms. The number of aldehydes is 1. The number of carbonyl (C=O) groups excluding carboxylic acids is 1. The molecule has 0 bridgehead atoms. The third kappa shape index (κ3) is 5.15. The molecule has 0 aliphatic heterocycles. The van der Waals surface area contributed by atoms with Crippen molar-refractivity contribution in [1.82, 2.24) is 0 Å². The average Bonchev–Trinajstić information content (AvgIpc) is 2.42. The molecule has 0 fully saturated rings. The summed E-state index contributed by atoms with van der Waals surface area (Å²) in [4.78, 5) is 23.0. The molecular weight excluding hydrogens is 330 g/mol. The zero-order chi connectivity index (χ0) is 17.8. The van der Waals surface area contributed by atoms with Crippen LogP contribution in [-0.2, 0) is 9.22 Å². The van der Waals surface area contributed by atoms with Gasteiger partial charge in [-0.05, 0) is 29.8 Å². The van der Waals surface area contributed by atoms with E-state index < -0.39 is 25.3 Å². The molecule has 0 radical (unpaired) electrons. The normalized spacial score (nSPS) is 15.0. The first kappa shape index (κ1) is 19.9. The Morgan fingerprint density at radius 3 is 2.35 bits per heavy atom. The summed E-state index contributed by atoms with van der Waals surface area (Å²) in [7, 11) is -2.23. The van der Waals surface area contributed by atoms with Gasteiger partial charge in [-0.1, -0.05) is 39.0 Å². The molecule has 0 N–H and O–H groups in total. The molecule has 1 rings (SSSR count). The number of hydrogen-bond acceptors (Lipinski definition) is 5. The minimum Gasteiger partial charge on any atom is -0.406 e. The highest BCUT2D eigenvalue weighted by atomic mass is 32.1. The molecule has 0 amide bonds. The van der Waals surface area contributed by atoms with Crippen LogP contribution in [0.1, 0.15) is 32.3 Å². The lowest BCUT2D eigenvalue weighted by atomic mass is 9.94. The predicted octanol–water partition coefficient (Wildman–Crippen LogP) is 3.92. The molecule has 7 heteroatoms. The van der Waals surface area contributed by atoms with Crippen molar-refractivity contribution >= 4 is 27.2 Å². The molecule has 2 atom stereocenters. The van der Waals surface area contributed by atoms with E-state index in [1.165, 1.54) is 0 Å². The number of thiol groups is 1. The molecule has 1 aromatic carbocycles. The van der Waals surface area contributed by atoms with E-state index in [-0.39, 0.29) is 11.6 Å². The molecule has 0 unspecified atom stereocenters. The minimum absolute atomic E-state index is 0.0894. The molecule has 23 heavy (non-hydrogen) atoms. The Morgan fingerprint density at radius 1 is 1.35 bits per heavy atom. The van der Waals surface area contributed by atoms with Gasteiger partial charge in [0.25, 0.3) is 0 Å². The monoisotopic (exact) mass is 355 g/mol. The quantitative estimate of drug-likeness (QED) is 0.264. The minimum atomic E-state index is -2.23. The maximum absolute atomic E-state index is 11.7. The van der Waals surface area contributed by atoms with E-state index >= 15 is 0 Å². The lowest BCUT2D eigenvalue weighted by Gasteiger charge is -2.39. The van der Waals surface area contributed by atoms with Crippen LogP contribution < -0.4 is 0 Å². The van der Waals surface area contributed by atoms with Crippen molar-refractivity contribution < 1.29 is 14.1 Å². The third-order valence-corrected chi connectivity index (χ3v) is 9.33. The van der Waals surface area contributed by atoms with Crippen LogP contribution in [-0.4, -0.2) is 32.2 Å². The standard InChI is InChI=1S/C16H25NO4SSi/c1-16(2,3)23(4,5)21-14(11-18)13(10-17(19)20)12-8-6-7-9-15(12)22/h6-9,11,13-14,22H,10H2,1-5H3/t13-,14-/m1/s1. The van der Waals surface area contributed by atoms with Crippen LogP contribution in [0.25, 0.3) is 0 Å². The van der Waals surface area contributed by atoms with Gasteiger partial charge in [0.1, 0.15) is 12.4 Å². The molecule has 0 saturated carbocycles. The number of carbonyl (C=O) groups is 1. The molecule has 0 aliphatic carbocycles. The highest BCUT2D eigenvalue weighted by molar-refractivity contribution is 7.80. The highest BCUT2D eigenvalue weighted by Crippen LogP contribution is 2.39. The van der Waals surface area contributed by atoms with Crippen molar-refractivity contribution in [2.75, 3.05) is 6.54 Å². The van der Waals surface area contributed by atoms with Gasteiger partial charge in [-0.2, -0.15) is 0 Å². The van der Waals surface area contributed by atoms with Crippen molar-refractivity contribution in [1.29, 1.82) is 0 Å². The van der Waals surface area contributed by atoms with Gasteiger partial charge in [0.2, 0.25) is 6.54 Å². The van der Waals surface area contributed by atoms with Crippen LogP contribution in [0.4, 0.5) is 0 Å². The van der Waals surface area contributed by atoms with Gasteiger partial charge in [-0.25, -0.2) is 0 Å². The smallest absolute Gasteiger partial charge is 0.213 e. The molecule has 128 valence electrons. The Bertz CT molecular complexity index is 571. The summed E-state index contributed by atoms with van der Waals surface area (Å²) in [5, 5.41) is 11.0. The van der Waals surface area contributed by atoms with E-state index in [0.29, 0.717) is 16.7 Å². The average molecular weight is 356 g/mol. The Morgan fingerprint density at radius 2 is 1.91 bits per heavy atom. The Hall–Kier alpha value is -1.18. The predicted molar refractivity (Wildman–Crippen MR) is 96.4 cm³/mol. The Kier molecular flexibility index (Phi) is 6.56. The van der Waals surface area contributed by atoms with Crippen molar-refractivity contribution in [2.24, 2.45) is 0 Å². The highest BCUT2D eigenvalue weighted by Gasteiger charge is 2.42. The lowest BCUT2D eigenvalue weighted by Crippen LogP contribution is -2.46. The van der Waals surface area contributed by atoms with Crippen LogP contribution in [0.3, 0.4) is 0 Å². The number of nitro groups is 1. The van der Waals surface area contributed by atoms with Crippen LogP contribution in [0.2, 0.25) is 18.1 Å². The van der Waals surface area contributed by atoms with Gasteiger partial charge >= 0.3 is 0 Å². The largest absolute Gasteiger partial charge is 0.406 e. The second-order valence-electron chi connectivity index (χ2n) is 7.16. The Labute approximate surface area is 144 Å². The summed E-state index contributed by atoms with van der Waals surface area (Å²) in [6.45, 7) is 9.89. The fourth-order valence-electron chi connectivity index (χ4n) is 2.06. The molecule has 0 aliphatic rings. The number of nitrogens with zero attached hydrogens (tertiary/aromatic N) is 1. The molecule has 0 saturated heterocycles. The summed E-state index contributed by atoms with van der Waals surface area (Å²) in [5.74, 6) is -0.648. The second-order valence-corrected chi connectivity index (χ2v) is 12.4. The van der Waals surface area contributed by atoms with E-state index in [2.05, 4.69) is 33.4 Å². The number of benzene rings is 1. The topological polar surface area (TPSA) is 69.4 Å². The van der Waals surface area contributed by atoms with Crippen molar-refractivity contribution in [2.45, 2.75) is 55.8 Å². The van der Waals surface area contributed by atoms with Gasteiger partial charge in [-0.15, -0.1) is 12.6 Å². The van der Waals surface area contributed by atoms with E-state index in [1.807, 2.05) is 13.1 Å². The summed E-state index contributed by atoms with van der Waals surface area (Å²) < 4.78 is 6.16. The first-order valence-corrected chi connectivity index (χ1v) is 10.9. The zero-order valence-electron chi connectivity index (χ0n) is 14.3. The van der Waals surface area contributed by atoms with Gasteiger partial charge in [0, 0.05) is 9.82 Å². The summed E-state index contributed by atoms with van der Waals surface area (Å²) in [5.41, 5.74) is 0.670. The zero-order valence-corrected chi connectivity index (χ0v) is 16.2. The van der Waals surface area contributed by atoms with Crippen molar-refractivity contribution in [3.05, 3.63) is 39.9 Å². The maximum atomic E-state index is 11.7. The van der Waals surface area contributed by atoms with Gasteiger partial charge in [-0.3, -0.25) is 10.1 Å². The van der Waals surface area contributed by atoms with E-state index in [0.717, 1.165) is 0 Å². The first-order chi connectivity index (χ1) is 10.5. The van der Waals surface area contributed by atoms with E-state index in [9.17, 15) is 14.9 Å². The van der Waals surface area contributed by atoms with Crippen LogP contribution in [0, 0.1) is 10.1 Å². The van der Waals surface area contributed by atoms with Gasteiger partial charge in [0.05, 0.1) is 5.92 Å². The summed E-state index contributed by atoms with van der Waals surface area (Å²) in [6.07, 6.45) is -0.163. The maximum Gasteiger partial charge on any atom is 0.213 e. The second kappa shape index (κ2) is 7.59. The Balaban J connectivity index is 3.21. The van der Waals surface area contributed by atoms with Crippen molar-refractivity contribution in [3.8, 4) is 0 Å². The molecule has 5 nitrogen and oxygen atoms in total. The molecular formula is C16H25NO4SSi. The fourth-order valence-corrected chi connectivity index (χ4v) is 3.64. The number of hydrogen-bond donors (Lipinski definition) is 1. The van der Waals surface area contributed by atoms with E-state index in [4.69, 9.17) is 4.43 Å². The van der Waals surface area contributed by atoms with E-state index in [1.54, 1.807) is 24.3 Å². The van der Waals surface area contributed by atoms with Crippen molar-refractivity contribution in [3.63, 3.8) is 0 Å². The van der Waals surface area contributed by atoms with Crippen LogP contribution in [0.15, 0.2) is 29.2 Å². The molecule has 0 heterocycles. The van der Waals surface area contributed by atoms with Crippen LogP contribution >= 0.6 is 12.6 Å². The van der Waals surface area contributed by atoms with Gasteiger partial charge < -0.3 is 9.22 Å². The van der Waals surface area contributed by atoms with Gasteiger partial charge in [0.15, 0.2) is 8.32 Å². The third-order valence-electron chi connectivity index (χ3n) is 4.45. The summed E-state index contributed by atoms with van der Waals surface area (Å²) in [6, 6.07) is 7.12. The molecule has 1 aromatic rings. The fraction of sp³-hybridized carbons (Fsp3) is 0.562. The first-order valence-electron chi connectivity index (χ1n) is 7.52. The molecule has 0 aromatic heterocycles.